The lowest BCUT2D eigenvalue weighted by Crippen LogP contribution is -2.38. The average molecular weight is 481 g/mol. The van der Waals surface area contributed by atoms with Crippen LogP contribution < -0.4 is 20.8 Å². The van der Waals surface area contributed by atoms with E-state index in [1.807, 2.05) is 0 Å². The summed E-state index contributed by atoms with van der Waals surface area (Å²) in [6.07, 6.45) is 1.94. The molecule has 3 N–H and O–H groups in total. The third kappa shape index (κ3) is 8.93. The minimum Gasteiger partial charge on any atom is -0.484 e. The molecule has 0 unspecified atom stereocenters. The van der Waals surface area contributed by atoms with Crippen LogP contribution in [0, 0.1) is 0 Å². The molecule has 0 spiro atoms. The van der Waals surface area contributed by atoms with E-state index in [0.29, 0.717) is 46.6 Å². The zero-order chi connectivity index (χ0) is 23.3. The maximum atomic E-state index is 12.1. The van der Waals surface area contributed by atoms with E-state index in [4.69, 9.17) is 32.7 Å². The first-order valence-corrected chi connectivity index (χ1v) is 10.2. The molecule has 170 valence electrons. The molecular weight excluding hydrogens is 459 g/mol. The SMILES string of the molecule is COCCCNC(=O)C(=O)N/N=C\c1cccc(OCC(=O)Nc2ccc(Cl)c(Cl)c2)c1. The number of ether oxygens (including phenoxy) is 2. The van der Waals surface area contributed by atoms with E-state index in [0.717, 1.165) is 0 Å². The molecule has 0 atom stereocenters. The van der Waals surface area contributed by atoms with Crippen LogP contribution in [0.2, 0.25) is 10.0 Å². The standard InChI is InChI=1S/C21H22Cl2N4O5/c1-31-9-3-8-24-20(29)21(30)27-25-12-14-4-2-5-16(10-14)32-13-19(28)26-15-6-7-17(22)18(23)11-15/h2,4-7,10-12H,3,8-9,13H2,1H3,(H,24,29)(H,26,28)(H,27,30)/b25-12-. The number of anilines is 1. The Kier molecular flexibility index (Phi) is 10.5. The zero-order valence-electron chi connectivity index (χ0n) is 17.2. The van der Waals surface area contributed by atoms with Crippen molar-refractivity contribution in [2.45, 2.75) is 6.42 Å². The number of carbonyl (C=O) groups is 3. The normalized spacial score (nSPS) is 10.6. The summed E-state index contributed by atoms with van der Waals surface area (Å²) in [5.41, 5.74) is 3.22. The monoisotopic (exact) mass is 480 g/mol. The highest BCUT2D eigenvalue weighted by Crippen LogP contribution is 2.25. The number of hydrogen-bond donors (Lipinski definition) is 3. The van der Waals surface area contributed by atoms with Gasteiger partial charge in [-0.1, -0.05) is 35.3 Å². The van der Waals surface area contributed by atoms with Crippen LogP contribution in [0.5, 0.6) is 5.75 Å². The lowest BCUT2D eigenvalue weighted by molar-refractivity contribution is -0.139. The second-order valence-corrected chi connectivity index (χ2v) is 7.15. The van der Waals surface area contributed by atoms with E-state index in [2.05, 4.69) is 21.2 Å². The van der Waals surface area contributed by atoms with Gasteiger partial charge in [-0.05, 0) is 42.3 Å². The van der Waals surface area contributed by atoms with Crippen molar-refractivity contribution >= 4 is 52.8 Å². The van der Waals surface area contributed by atoms with Crippen molar-refractivity contribution < 1.29 is 23.9 Å². The Morgan fingerprint density at radius 3 is 2.62 bits per heavy atom. The molecule has 3 amide bonds. The van der Waals surface area contributed by atoms with Crippen molar-refractivity contribution in [3.63, 3.8) is 0 Å². The quantitative estimate of drug-likeness (QED) is 0.209. The van der Waals surface area contributed by atoms with E-state index < -0.39 is 11.8 Å². The summed E-state index contributed by atoms with van der Waals surface area (Å²) in [4.78, 5) is 35.3. The first kappa shape index (κ1) is 25.1. The number of nitrogens with zero attached hydrogens (tertiary/aromatic N) is 1. The van der Waals surface area contributed by atoms with Gasteiger partial charge in [0.15, 0.2) is 6.61 Å². The largest absolute Gasteiger partial charge is 0.484 e. The van der Waals surface area contributed by atoms with Gasteiger partial charge in [0.2, 0.25) is 0 Å². The Bertz CT molecular complexity index is 984. The highest BCUT2D eigenvalue weighted by Gasteiger charge is 2.11. The van der Waals surface area contributed by atoms with Crippen LogP contribution in [-0.4, -0.2) is 50.8 Å². The highest BCUT2D eigenvalue weighted by molar-refractivity contribution is 6.42. The molecular formula is C21H22Cl2N4O5. The summed E-state index contributed by atoms with van der Waals surface area (Å²) in [6.45, 7) is 0.568. The fourth-order valence-corrected chi connectivity index (χ4v) is 2.62. The maximum Gasteiger partial charge on any atom is 0.329 e. The summed E-state index contributed by atoms with van der Waals surface area (Å²) in [5.74, 6) is -1.64. The third-order valence-electron chi connectivity index (χ3n) is 3.83. The molecule has 2 aromatic carbocycles. The van der Waals surface area contributed by atoms with Crippen molar-refractivity contribution in [1.82, 2.24) is 10.7 Å². The predicted octanol–water partition coefficient (Wildman–Crippen LogP) is 2.61. The number of carbonyl (C=O) groups excluding carboxylic acids is 3. The van der Waals surface area contributed by atoms with Crippen LogP contribution >= 0.6 is 23.2 Å². The Morgan fingerprint density at radius 1 is 1.06 bits per heavy atom. The molecule has 0 aromatic heterocycles. The van der Waals surface area contributed by atoms with Gasteiger partial charge in [-0.3, -0.25) is 14.4 Å². The van der Waals surface area contributed by atoms with E-state index in [1.54, 1.807) is 43.5 Å². The molecule has 0 radical (unpaired) electrons. The van der Waals surface area contributed by atoms with Crippen molar-refractivity contribution in [3.05, 3.63) is 58.1 Å². The average Bonchev–Trinajstić information content (AvgIpc) is 2.78. The molecule has 0 saturated heterocycles. The number of hydrogen-bond acceptors (Lipinski definition) is 6. The van der Waals surface area contributed by atoms with Gasteiger partial charge in [0.25, 0.3) is 5.91 Å². The van der Waals surface area contributed by atoms with Crippen LogP contribution in [0.25, 0.3) is 0 Å². The minimum atomic E-state index is -0.884. The summed E-state index contributed by atoms with van der Waals surface area (Å²) in [7, 11) is 1.55. The minimum absolute atomic E-state index is 0.235. The number of amides is 3. The Morgan fingerprint density at radius 2 is 1.88 bits per heavy atom. The molecule has 0 bridgehead atoms. The van der Waals surface area contributed by atoms with Crippen LogP contribution in [0.1, 0.15) is 12.0 Å². The van der Waals surface area contributed by atoms with E-state index >= 15 is 0 Å². The van der Waals surface area contributed by atoms with Gasteiger partial charge in [0, 0.05) is 25.9 Å². The molecule has 0 saturated carbocycles. The zero-order valence-corrected chi connectivity index (χ0v) is 18.7. The maximum absolute atomic E-state index is 12.1. The Labute approximate surface area is 195 Å². The first-order valence-electron chi connectivity index (χ1n) is 9.47. The van der Waals surface area contributed by atoms with Crippen LogP contribution in [0.4, 0.5) is 5.69 Å². The predicted molar refractivity (Wildman–Crippen MR) is 122 cm³/mol. The second kappa shape index (κ2) is 13.3. The molecule has 32 heavy (non-hydrogen) atoms. The third-order valence-corrected chi connectivity index (χ3v) is 4.57. The van der Waals surface area contributed by atoms with Gasteiger partial charge in [-0.25, -0.2) is 5.43 Å². The van der Waals surface area contributed by atoms with Gasteiger partial charge in [0.1, 0.15) is 5.75 Å². The van der Waals surface area contributed by atoms with Gasteiger partial charge in [0.05, 0.1) is 16.3 Å². The smallest absolute Gasteiger partial charge is 0.329 e. The first-order chi connectivity index (χ1) is 15.4. The lowest BCUT2D eigenvalue weighted by atomic mass is 10.2. The topological polar surface area (TPSA) is 118 Å². The summed E-state index contributed by atoms with van der Waals surface area (Å²) < 4.78 is 10.3. The number of benzene rings is 2. The number of rotatable bonds is 10. The number of methoxy groups -OCH3 is 1. The number of nitrogens with one attached hydrogen (secondary N) is 3. The molecule has 9 nitrogen and oxygen atoms in total. The molecule has 11 heteroatoms. The Balaban J connectivity index is 1.79. The van der Waals surface area contributed by atoms with Crippen molar-refractivity contribution in [2.24, 2.45) is 5.10 Å². The van der Waals surface area contributed by atoms with Crippen molar-refractivity contribution in [3.8, 4) is 5.75 Å². The summed E-state index contributed by atoms with van der Waals surface area (Å²) in [5, 5.41) is 9.56. The molecule has 0 heterocycles. The summed E-state index contributed by atoms with van der Waals surface area (Å²) >= 11 is 11.8. The van der Waals surface area contributed by atoms with E-state index in [1.165, 1.54) is 12.3 Å². The van der Waals surface area contributed by atoms with E-state index in [-0.39, 0.29) is 12.5 Å². The number of hydrazone groups is 1. The number of halogens is 2. The van der Waals surface area contributed by atoms with Crippen LogP contribution in [0.15, 0.2) is 47.6 Å². The van der Waals surface area contributed by atoms with Gasteiger partial charge < -0.3 is 20.1 Å². The highest BCUT2D eigenvalue weighted by atomic mass is 35.5. The van der Waals surface area contributed by atoms with Crippen molar-refractivity contribution in [1.29, 1.82) is 0 Å². The van der Waals surface area contributed by atoms with Gasteiger partial charge in [-0.15, -0.1) is 0 Å². The molecule has 0 aliphatic carbocycles. The van der Waals surface area contributed by atoms with E-state index in [9.17, 15) is 14.4 Å². The van der Waals surface area contributed by atoms with Crippen molar-refractivity contribution in [2.75, 3.05) is 32.2 Å². The Hall–Kier alpha value is -3.14. The molecule has 0 aliphatic rings. The fourth-order valence-electron chi connectivity index (χ4n) is 2.32. The van der Waals surface area contributed by atoms with Crippen LogP contribution in [0.3, 0.4) is 0 Å². The molecule has 0 aliphatic heterocycles. The lowest BCUT2D eigenvalue weighted by Gasteiger charge is -2.08. The molecule has 0 fully saturated rings. The fraction of sp³-hybridized carbons (Fsp3) is 0.238. The van der Waals surface area contributed by atoms with Crippen LogP contribution in [-0.2, 0) is 19.1 Å². The summed E-state index contributed by atoms with van der Waals surface area (Å²) in [6, 6.07) is 11.4. The second-order valence-electron chi connectivity index (χ2n) is 6.34. The van der Waals surface area contributed by atoms with Gasteiger partial charge >= 0.3 is 11.8 Å². The molecule has 2 rings (SSSR count). The molecule has 2 aromatic rings. The van der Waals surface area contributed by atoms with Gasteiger partial charge in [-0.2, -0.15) is 5.10 Å².